The molecule has 1 atom stereocenters. The second-order valence-electron chi connectivity index (χ2n) is 10.5. The average molecular weight is 600 g/mol. The van der Waals surface area contributed by atoms with E-state index in [1.807, 2.05) is 61.7 Å². The molecule has 5 aromatic rings. The number of aryl methyl sites for hydroxylation is 2. The van der Waals surface area contributed by atoms with E-state index in [1.165, 1.54) is 15.6 Å². The first-order valence-corrected chi connectivity index (χ1v) is 15.8. The fourth-order valence-electron chi connectivity index (χ4n) is 5.46. The van der Waals surface area contributed by atoms with Crippen molar-refractivity contribution in [2.75, 3.05) is 4.90 Å². The molecule has 3 aromatic carbocycles. The first-order valence-electron chi connectivity index (χ1n) is 13.5. The van der Waals surface area contributed by atoms with Crippen molar-refractivity contribution in [3.63, 3.8) is 0 Å². The molecule has 1 fully saturated rings. The van der Waals surface area contributed by atoms with E-state index in [2.05, 4.69) is 4.98 Å². The highest BCUT2D eigenvalue weighted by atomic mass is 32.2. The maximum Gasteiger partial charge on any atom is 0.252 e. The highest BCUT2D eigenvalue weighted by molar-refractivity contribution is 7.89. The molecule has 42 heavy (non-hydrogen) atoms. The molecule has 10 heteroatoms. The van der Waals surface area contributed by atoms with E-state index in [-0.39, 0.29) is 17.9 Å². The topological polar surface area (TPSA) is 101 Å². The first kappa shape index (κ1) is 28.0. The summed E-state index contributed by atoms with van der Waals surface area (Å²) in [6, 6.07) is 18.7. The smallest absolute Gasteiger partial charge is 0.252 e. The summed E-state index contributed by atoms with van der Waals surface area (Å²) in [5, 5.41) is 1.86. The molecule has 214 valence electrons. The number of hydrogen-bond donors (Lipinski definition) is 0. The molecule has 2 amide bonds. The molecule has 0 aliphatic carbocycles. The standard InChI is InChI=1S/C32H29N3O5S2/c1-19-16-20(2)22(4)30(21(19)3)42(38,39)34(18-25-8-7-15-41-25)27-17-29(36)35(32(27)37)24-13-11-23(12-14-24)31-33-26-9-5-6-10-28(26)40-31/h5-16,27H,17-18H2,1-4H3. The summed E-state index contributed by atoms with van der Waals surface area (Å²) in [5.74, 6) is -0.610. The minimum atomic E-state index is -4.16. The Kier molecular flexibility index (Phi) is 7.08. The summed E-state index contributed by atoms with van der Waals surface area (Å²) in [5.41, 5.74) is 5.41. The van der Waals surface area contributed by atoms with Crippen molar-refractivity contribution < 1.29 is 22.4 Å². The van der Waals surface area contributed by atoms with Gasteiger partial charge in [0.05, 0.1) is 17.0 Å². The van der Waals surface area contributed by atoms with Crippen molar-refractivity contribution in [3.8, 4) is 11.5 Å². The number of anilines is 1. The lowest BCUT2D eigenvalue weighted by Crippen LogP contribution is -2.45. The van der Waals surface area contributed by atoms with Crippen LogP contribution >= 0.6 is 11.3 Å². The van der Waals surface area contributed by atoms with Gasteiger partial charge in [-0.2, -0.15) is 4.31 Å². The van der Waals surface area contributed by atoms with Crippen LogP contribution < -0.4 is 4.90 Å². The zero-order chi connectivity index (χ0) is 29.8. The Labute approximate surface area is 248 Å². The van der Waals surface area contributed by atoms with Crippen LogP contribution in [0.5, 0.6) is 0 Å². The molecule has 1 aliphatic rings. The van der Waals surface area contributed by atoms with Gasteiger partial charge in [0.15, 0.2) is 5.58 Å². The Morgan fingerprint density at radius 3 is 2.29 bits per heavy atom. The van der Waals surface area contributed by atoms with E-state index >= 15 is 0 Å². The number of sulfonamides is 1. The summed E-state index contributed by atoms with van der Waals surface area (Å²) in [6.45, 7) is 7.30. The molecular weight excluding hydrogens is 571 g/mol. The predicted molar refractivity (Wildman–Crippen MR) is 163 cm³/mol. The molecule has 0 bridgehead atoms. The van der Waals surface area contributed by atoms with Gasteiger partial charge in [-0.15, -0.1) is 11.3 Å². The van der Waals surface area contributed by atoms with Crippen molar-refractivity contribution in [2.45, 2.75) is 51.6 Å². The van der Waals surface area contributed by atoms with Crippen molar-refractivity contribution >= 4 is 50.0 Å². The van der Waals surface area contributed by atoms with Crippen LogP contribution in [0.4, 0.5) is 5.69 Å². The fraction of sp³-hybridized carbons (Fsp3) is 0.219. The zero-order valence-corrected chi connectivity index (χ0v) is 25.3. The number of para-hydroxylation sites is 2. The number of fused-ring (bicyclic) bond motifs is 1. The molecule has 0 spiro atoms. The lowest BCUT2D eigenvalue weighted by Gasteiger charge is -2.28. The minimum absolute atomic E-state index is 0.0138. The van der Waals surface area contributed by atoms with Crippen LogP contribution in [0.2, 0.25) is 0 Å². The molecule has 1 saturated heterocycles. The molecule has 8 nitrogen and oxygen atoms in total. The van der Waals surface area contributed by atoms with Gasteiger partial charge in [-0.25, -0.2) is 18.3 Å². The SMILES string of the molecule is Cc1cc(C)c(C)c(S(=O)(=O)N(Cc2cccs2)C2CC(=O)N(c3ccc(-c4nc5ccccc5o4)cc3)C2=O)c1C. The molecule has 1 unspecified atom stereocenters. The number of nitrogens with zero attached hydrogens (tertiary/aromatic N) is 3. The number of aromatic nitrogens is 1. The van der Waals surface area contributed by atoms with Crippen LogP contribution in [0.25, 0.3) is 22.6 Å². The molecular formula is C32H29N3O5S2. The fourth-order valence-corrected chi connectivity index (χ4v) is 8.39. The van der Waals surface area contributed by atoms with Gasteiger partial charge in [0.25, 0.3) is 5.91 Å². The van der Waals surface area contributed by atoms with Gasteiger partial charge in [0.1, 0.15) is 11.6 Å². The number of amides is 2. The number of benzene rings is 3. The van der Waals surface area contributed by atoms with Gasteiger partial charge in [-0.1, -0.05) is 24.3 Å². The summed E-state index contributed by atoms with van der Waals surface area (Å²) in [4.78, 5) is 33.8. The number of carbonyl (C=O) groups is 2. The Morgan fingerprint density at radius 1 is 0.952 bits per heavy atom. The van der Waals surface area contributed by atoms with E-state index in [1.54, 1.807) is 38.1 Å². The maximum atomic E-state index is 14.4. The largest absolute Gasteiger partial charge is 0.436 e. The zero-order valence-electron chi connectivity index (χ0n) is 23.6. The van der Waals surface area contributed by atoms with Gasteiger partial charge in [-0.3, -0.25) is 9.59 Å². The van der Waals surface area contributed by atoms with Gasteiger partial charge >= 0.3 is 0 Å². The Hall–Kier alpha value is -4.12. The number of thiophene rings is 1. The van der Waals surface area contributed by atoms with E-state index < -0.39 is 27.9 Å². The third kappa shape index (κ3) is 4.75. The first-order chi connectivity index (χ1) is 20.1. The molecule has 6 rings (SSSR count). The quantitative estimate of drug-likeness (QED) is 0.203. The van der Waals surface area contributed by atoms with E-state index in [0.29, 0.717) is 33.9 Å². The maximum absolute atomic E-state index is 14.4. The normalized spacial score (nSPS) is 15.8. The lowest BCUT2D eigenvalue weighted by atomic mass is 10.0. The Bertz CT molecular complexity index is 1880. The Balaban J connectivity index is 1.36. The van der Waals surface area contributed by atoms with Crippen molar-refractivity contribution in [2.24, 2.45) is 0 Å². The van der Waals surface area contributed by atoms with Crippen LogP contribution in [0.1, 0.15) is 33.6 Å². The van der Waals surface area contributed by atoms with Gasteiger partial charge < -0.3 is 4.42 Å². The number of imide groups is 1. The van der Waals surface area contributed by atoms with Crippen LogP contribution in [0, 0.1) is 27.7 Å². The Morgan fingerprint density at radius 2 is 1.64 bits per heavy atom. The summed E-state index contributed by atoms with van der Waals surface area (Å²) >= 11 is 1.41. The molecule has 0 radical (unpaired) electrons. The van der Waals surface area contributed by atoms with Gasteiger partial charge in [0.2, 0.25) is 21.8 Å². The number of oxazole rings is 1. The van der Waals surface area contributed by atoms with Crippen molar-refractivity contribution in [1.29, 1.82) is 0 Å². The van der Waals surface area contributed by atoms with E-state index in [0.717, 1.165) is 26.4 Å². The van der Waals surface area contributed by atoms with Crippen molar-refractivity contribution in [3.05, 3.63) is 99.2 Å². The average Bonchev–Trinajstić information content (AvgIpc) is 3.70. The van der Waals surface area contributed by atoms with Crippen LogP contribution in [0.15, 0.2) is 81.4 Å². The third-order valence-electron chi connectivity index (χ3n) is 7.89. The van der Waals surface area contributed by atoms with E-state index in [9.17, 15) is 18.0 Å². The van der Waals surface area contributed by atoms with Crippen LogP contribution in [-0.4, -0.2) is 35.6 Å². The minimum Gasteiger partial charge on any atom is -0.436 e. The van der Waals surface area contributed by atoms with Crippen LogP contribution in [-0.2, 0) is 26.2 Å². The molecule has 0 saturated carbocycles. The van der Waals surface area contributed by atoms with Gasteiger partial charge in [0, 0.05) is 17.0 Å². The highest BCUT2D eigenvalue weighted by Gasteiger charge is 2.47. The second kappa shape index (κ2) is 10.6. The van der Waals surface area contributed by atoms with Gasteiger partial charge in [-0.05, 0) is 97.8 Å². The van der Waals surface area contributed by atoms with Crippen LogP contribution in [0.3, 0.4) is 0 Å². The molecule has 3 heterocycles. The second-order valence-corrected chi connectivity index (χ2v) is 13.4. The monoisotopic (exact) mass is 599 g/mol. The third-order valence-corrected chi connectivity index (χ3v) is 10.9. The number of hydrogen-bond acceptors (Lipinski definition) is 7. The molecule has 1 aliphatic heterocycles. The predicted octanol–water partition coefficient (Wildman–Crippen LogP) is 6.31. The number of rotatable bonds is 7. The van der Waals surface area contributed by atoms with Crippen molar-refractivity contribution in [1.82, 2.24) is 9.29 Å². The highest BCUT2D eigenvalue weighted by Crippen LogP contribution is 2.35. The summed E-state index contributed by atoms with van der Waals surface area (Å²) < 4.78 is 35.8. The lowest BCUT2D eigenvalue weighted by molar-refractivity contribution is -0.122. The molecule has 0 N–H and O–H groups in total. The molecule has 2 aromatic heterocycles. The number of carbonyl (C=O) groups excluding carboxylic acids is 2. The van der Waals surface area contributed by atoms with E-state index in [4.69, 9.17) is 4.42 Å². The summed E-state index contributed by atoms with van der Waals surface area (Å²) in [7, 11) is -4.16. The summed E-state index contributed by atoms with van der Waals surface area (Å²) in [6.07, 6.45) is -0.251.